The lowest BCUT2D eigenvalue weighted by Crippen LogP contribution is -2.54. The standard InChI is InChI=1S/C18H33N3O5/c1-12(2)20-18(24)21-15-4-3-14(26-16(15)11-22)5-8-19-17(23)13-6-9-25-10-7-13/h12-16,22H,3-11H2,1-2H3,(H,19,23)(H2,20,21,24)/t14-,15+,16+/m0/s1. The molecule has 2 fully saturated rings. The molecule has 0 aromatic rings. The molecule has 0 aromatic carbocycles. The molecular weight excluding hydrogens is 338 g/mol. The van der Waals surface area contributed by atoms with Crippen molar-refractivity contribution < 1.29 is 24.2 Å². The van der Waals surface area contributed by atoms with Gasteiger partial charge >= 0.3 is 6.03 Å². The second-order valence-electron chi connectivity index (χ2n) is 7.40. The van der Waals surface area contributed by atoms with Crippen LogP contribution in [0.5, 0.6) is 0 Å². The van der Waals surface area contributed by atoms with Crippen molar-refractivity contribution in [3.8, 4) is 0 Å². The Bertz CT molecular complexity index is 454. The molecule has 4 N–H and O–H groups in total. The lowest BCUT2D eigenvalue weighted by Gasteiger charge is -2.36. The number of urea groups is 1. The number of carbonyl (C=O) groups is 2. The van der Waals surface area contributed by atoms with Gasteiger partial charge in [0.05, 0.1) is 18.8 Å². The molecule has 0 spiro atoms. The van der Waals surface area contributed by atoms with Crippen LogP contribution < -0.4 is 16.0 Å². The van der Waals surface area contributed by atoms with Gasteiger partial charge < -0.3 is 30.5 Å². The fourth-order valence-corrected chi connectivity index (χ4v) is 3.44. The quantitative estimate of drug-likeness (QED) is 0.522. The zero-order valence-corrected chi connectivity index (χ0v) is 15.8. The van der Waals surface area contributed by atoms with Crippen LogP contribution in [-0.4, -0.2) is 67.7 Å². The first-order valence-electron chi connectivity index (χ1n) is 9.68. The monoisotopic (exact) mass is 371 g/mol. The molecule has 3 amide bonds. The minimum absolute atomic E-state index is 0.0200. The van der Waals surface area contributed by atoms with Crippen molar-refractivity contribution in [3.63, 3.8) is 0 Å². The summed E-state index contributed by atoms with van der Waals surface area (Å²) in [7, 11) is 0. The van der Waals surface area contributed by atoms with Crippen LogP contribution >= 0.6 is 0 Å². The predicted molar refractivity (Wildman–Crippen MR) is 96.7 cm³/mol. The number of ether oxygens (including phenoxy) is 2. The van der Waals surface area contributed by atoms with Crippen LogP contribution in [0.25, 0.3) is 0 Å². The van der Waals surface area contributed by atoms with Crippen LogP contribution in [0, 0.1) is 5.92 Å². The molecule has 0 bridgehead atoms. The molecule has 0 aromatic heterocycles. The average molecular weight is 371 g/mol. The molecule has 0 aliphatic carbocycles. The first-order valence-corrected chi connectivity index (χ1v) is 9.68. The second kappa shape index (κ2) is 10.7. The molecule has 2 saturated heterocycles. The van der Waals surface area contributed by atoms with Crippen molar-refractivity contribution in [1.29, 1.82) is 0 Å². The minimum atomic E-state index is -0.419. The van der Waals surface area contributed by atoms with E-state index < -0.39 is 6.10 Å². The van der Waals surface area contributed by atoms with E-state index in [9.17, 15) is 14.7 Å². The van der Waals surface area contributed by atoms with Gasteiger partial charge in [0, 0.05) is 31.7 Å². The van der Waals surface area contributed by atoms with Gasteiger partial charge in [-0.2, -0.15) is 0 Å². The van der Waals surface area contributed by atoms with Gasteiger partial charge in [-0.15, -0.1) is 0 Å². The van der Waals surface area contributed by atoms with Gasteiger partial charge in [0.1, 0.15) is 6.10 Å². The number of rotatable bonds is 7. The van der Waals surface area contributed by atoms with Crippen molar-refractivity contribution >= 4 is 11.9 Å². The molecular formula is C18H33N3O5. The zero-order chi connectivity index (χ0) is 18.9. The largest absolute Gasteiger partial charge is 0.394 e. The van der Waals surface area contributed by atoms with Crippen molar-refractivity contribution in [2.75, 3.05) is 26.4 Å². The summed E-state index contributed by atoms with van der Waals surface area (Å²) < 4.78 is 11.2. The van der Waals surface area contributed by atoms with E-state index in [0.717, 1.165) is 25.7 Å². The molecule has 0 radical (unpaired) electrons. The molecule has 0 unspecified atom stereocenters. The van der Waals surface area contributed by atoms with E-state index >= 15 is 0 Å². The third kappa shape index (κ3) is 6.74. The van der Waals surface area contributed by atoms with Crippen molar-refractivity contribution in [2.24, 2.45) is 5.92 Å². The summed E-state index contributed by atoms with van der Waals surface area (Å²) in [6, 6.07) is -0.389. The van der Waals surface area contributed by atoms with Crippen LogP contribution in [0.3, 0.4) is 0 Å². The average Bonchev–Trinajstić information content (AvgIpc) is 2.62. The van der Waals surface area contributed by atoms with Crippen LogP contribution in [0.1, 0.15) is 46.0 Å². The SMILES string of the molecule is CC(C)NC(=O)N[C@@H]1CC[C@@H](CCNC(=O)C2CCOCC2)O[C@@H]1CO. The minimum Gasteiger partial charge on any atom is -0.394 e. The van der Waals surface area contributed by atoms with E-state index in [4.69, 9.17) is 9.47 Å². The first kappa shape index (κ1) is 20.9. The Kier molecular flexibility index (Phi) is 8.61. The number of nitrogens with one attached hydrogen (secondary N) is 3. The Hall–Kier alpha value is -1.38. The lowest BCUT2D eigenvalue weighted by molar-refractivity contribution is -0.128. The predicted octanol–water partition coefficient (Wildman–Crippen LogP) is 0.535. The third-order valence-electron chi connectivity index (χ3n) is 4.89. The summed E-state index contributed by atoms with van der Waals surface area (Å²) in [5.41, 5.74) is 0. The summed E-state index contributed by atoms with van der Waals surface area (Å²) >= 11 is 0. The normalized spacial score (nSPS) is 27.2. The van der Waals surface area contributed by atoms with Crippen LogP contribution in [0.2, 0.25) is 0 Å². The van der Waals surface area contributed by atoms with E-state index in [-0.39, 0.29) is 42.7 Å². The zero-order valence-electron chi connectivity index (χ0n) is 15.8. The van der Waals surface area contributed by atoms with E-state index in [1.54, 1.807) is 0 Å². The lowest BCUT2D eigenvalue weighted by atomic mass is 9.96. The molecule has 2 rings (SSSR count). The Morgan fingerprint density at radius 2 is 1.88 bits per heavy atom. The van der Waals surface area contributed by atoms with Crippen molar-refractivity contribution in [3.05, 3.63) is 0 Å². The van der Waals surface area contributed by atoms with Crippen molar-refractivity contribution in [1.82, 2.24) is 16.0 Å². The Morgan fingerprint density at radius 3 is 2.54 bits per heavy atom. The highest BCUT2D eigenvalue weighted by Crippen LogP contribution is 2.22. The fourth-order valence-electron chi connectivity index (χ4n) is 3.44. The number of carbonyl (C=O) groups excluding carboxylic acids is 2. The smallest absolute Gasteiger partial charge is 0.315 e. The van der Waals surface area contributed by atoms with Crippen LogP contribution in [-0.2, 0) is 14.3 Å². The number of hydrogen-bond acceptors (Lipinski definition) is 5. The van der Waals surface area contributed by atoms with Crippen LogP contribution in [0.15, 0.2) is 0 Å². The van der Waals surface area contributed by atoms with Gasteiger partial charge in [-0.3, -0.25) is 4.79 Å². The Balaban J connectivity index is 1.69. The van der Waals surface area contributed by atoms with E-state index in [0.29, 0.717) is 26.2 Å². The Morgan fingerprint density at radius 1 is 1.15 bits per heavy atom. The van der Waals surface area contributed by atoms with E-state index in [1.807, 2.05) is 13.8 Å². The highest BCUT2D eigenvalue weighted by atomic mass is 16.5. The fraction of sp³-hybridized carbons (Fsp3) is 0.889. The molecule has 8 heteroatoms. The van der Waals surface area contributed by atoms with Gasteiger partial charge in [0.15, 0.2) is 0 Å². The molecule has 8 nitrogen and oxygen atoms in total. The third-order valence-corrected chi connectivity index (χ3v) is 4.89. The molecule has 2 aliphatic heterocycles. The highest BCUT2D eigenvalue weighted by Gasteiger charge is 2.32. The molecule has 0 saturated carbocycles. The number of aliphatic hydroxyl groups is 1. The van der Waals surface area contributed by atoms with Crippen molar-refractivity contribution in [2.45, 2.75) is 70.2 Å². The molecule has 150 valence electrons. The summed E-state index contributed by atoms with van der Waals surface area (Å²) in [5.74, 6) is 0.141. The van der Waals surface area contributed by atoms with E-state index in [2.05, 4.69) is 16.0 Å². The molecule has 2 aliphatic rings. The van der Waals surface area contributed by atoms with E-state index in [1.165, 1.54) is 0 Å². The maximum absolute atomic E-state index is 12.1. The topological polar surface area (TPSA) is 109 Å². The maximum atomic E-state index is 12.1. The summed E-state index contributed by atoms with van der Waals surface area (Å²) in [6.07, 6.45) is 3.36. The van der Waals surface area contributed by atoms with Crippen LogP contribution in [0.4, 0.5) is 4.79 Å². The van der Waals surface area contributed by atoms with Gasteiger partial charge in [-0.05, 0) is 46.0 Å². The number of hydrogen-bond donors (Lipinski definition) is 4. The maximum Gasteiger partial charge on any atom is 0.315 e. The number of amides is 3. The number of aliphatic hydroxyl groups excluding tert-OH is 1. The second-order valence-corrected chi connectivity index (χ2v) is 7.40. The summed E-state index contributed by atoms with van der Waals surface area (Å²) in [5, 5.41) is 18.2. The van der Waals surface area contributed by atoms with Gasteiger partial charge in [0.2, 0.25) is 5.91 Å². The van der Waals surface area contributed by atoms with Gasteiger partial charge in [-0.25, -0.2) is 4.79 Å². The Labute approximate surface area is 155 Å². The van der Waals surface area contributed by atoms with Gasteiger partial charge in [0.25, 0.3) is 0 Å². The first-order chi connectivity index (χ1) is 12.5. The molecule has 2 heterocycles. The highest BCUT2D eigenvalue weighted by molar-refractivity contribution is 5.78. The molecule has 26 heavy (non-hydrogen) atoms. The summed E-state index contributed by atoms with van der Waals surface area (Å²) in [6.45, 7) is 5.51. The van der Waals surface area contributed by atoms with Gasteiger partial charge in [-0.1, -0.05) is 0 Å². The molecule has 3 atom stereocenters. The summed E-state index contributed by atoms with van der Waals surface area (Å²) in [4.78, 5) is 24.0.